The van der Waals surface area contributed by atoms with Crippen LogP contribution in [0.1, 0.15) is 37.7 Å². The molecule has 0 atom stereocenters. The summed E-state index contributed by atoms with van der Waals surface area (Å²) in [6.45, 7) is 0. The third-order valence-corrected chi connectivity index (χ3v) is 3.97. The summed E-state index contributed by atoms with van der Waals surface area (Å²) >= 11 is -0.314. The van der Waals surface area contributed by atoms with Crippen LogP contribution in [-0.4, -0.2) is 5.51 Å². The minimum Gasteiger partial charge on any atom is -0.207 e. The maximum atomic E-state index is 13.1. The van der Waals surface area contributed by atoms with Crippen molar-refractivity contribution in [3.05, 3.63) is 29.6 Å². The zero-order valence-electron chi connectivity index (χ0n) is 10.8. The number of hydrogen-bond acceptors (Lipinski definition) is 1. The molecule has 1 aromatic rings. The maximum Gasteiger partial charge on any atom is 0.446 e. The second-order valence-electron chi connectivity index (χ2n) is 4.79. The first kappa shape index (κ1) is 15.2. The van der Waals surface area contributed by atoms with Crippen molar-refractivity contribution in [2.45, 2.75) is 42.5 Å². The fourth-order valence-electron chi connectivity index (χ4n) is 2.24. The van der Waals surface area contributed by atoms with Crippen LogP contribution in [0.4, 0.5) is 17.6 Å². The Labute approximate surface area is 119 Å². The first-order valence-electron chi connectivity index (χ1n) is 6.51. The lowest BCUT2D eigenvalue weighted by molar-refractivity contribution is -0.0328. The Morgan fingerprint density at radius 1 is 1.10 bits per heavy atom. The van der Waals surface area contributed by atoms with Crippen LogP contribution in [0.2, 0.25) is 0 Å². The molecule has 0 aliphatic heterocycles. The third kappa shape index (κ3) is 4.75. The zero-order chi connectivity index (χ0) is 14.6. The molecule has 0 spiro atoms. The van der Waals surface area contributed by atoms with E-state index < -0.39 is 11.3 Å². The first-order chi connectivity index (χ1) is 9.44. The Morgan fingerprint density at radius 2 is 1.80 bits per heavy atom. The van der Waals surface area contributed by atoms with Crippen LogP contribution < -0.4 is 0 Å². The number of halogens is 4. The predicted octanol–water partition coefficient (Wildman–Crippen LogP) is 5.37. The summed E-state index contributed by atoms with van der Waals surface area (Å²) < 4.78 is 50.4. The molecule has 0 aromatic heterocycles. The molecule has 0 heterocycles. The minimum atomic E-state index is -4.44. The summed E-state index contributed by atoms with van der Waals surface area (Å²) in [6, 6.07) is 3.35. The van der Waals surface area contributed by atoms with Crippen LogP contribution in [0.25, 0.3) is 0 Å². The van der Waals surface area contributed by atoms with Gasteiger partial charge in [0.1, 0.15) is 5.82 Å². The summed E-state index contributed by atoms with van der Waals surface area (Å²) in [7, 11) is 0. The van der Waals surface area contributed by atoms with Crippen molar-refractivity contribution in [1.82, 2.24) is 0 Å². The Kier molecular flexibility index (Phi) is 4.98. The van der Waals surface area contributed by atoms with Gasteiger partial charge in [0.05, 0.1) is 0 Å². The molecule has 0 nitrogen and oxygen atoms in total. The van der Waals surface area contributed by atoms with E-state index in [9.17, 15) is 17.6 Å². The first-order valence-corrected chi connectivity index (χ1v) is 7.32. The molecule has 1 aliphatic rings. The van der Waals surface area contributed by atoms with Crippen molar-refractivity contribution in [2.75, 3.05) is 0 Å². The smallest absolute Gasteiger partial charge is 0.207 e. The van der Waals surface area contributed by atoms with Gasteiger partial charge in [-0.15, -0.1) is 0 Å². The molecule has 108 valence electrons. The van der Waals surface area contributed by atoms with Crippen molar-refractivity contribution in [3.63, 3.8) is 0 Å². The van der Waals surface area contributed by atoms with Gasteiger partial charge >= 0.3 is 5.51 Å². The molecule has 1 saturated carbocycles. The highest BCUT2D eigenvalue weighted by Gasteiger charge is 2.30. The summed E-state index contributed by atoms with van der Waals surface area (Å²) in [5.41, 5.74) is -4.19. The fraction of sp³-hybridized carbons (Fsp3) is 0.467. The molecular weight excluding hydrogens is 288 g/mol. The zero-order valence-corrected chi connectivity index (χ0v) is 11.6. The van der Waals surface area contributed by atoms with Crippen molar-refractivity contribution >= 4 is 11.8 Å². The Bertz CT molecular complexity index is 519. The highest BCUT2D eigenvalue weighted by molar-refractivity contribution is 8.00. The lowest BCUT2D eigenvalue weighted by Crippen LogP contribution is -2.03. The van der Waals surface area contributed by atoms with Crippen molar-refractivity contribution < 1.29 is 17.6 Å². The molecule has 1 aromatic carbocycles. The standard InChI is InChI=1S/C15H14F4S/c16-13-9-8-12(14(10-13)20-15(17,18)19)7-6-11-4-2-1-3-5-11/h8-11H,1-5H2. The summed E-state index contributed by atoms with van der Waals surface area (Å²) in [5.74, 6) is 5.39. The molecule has 0 radical (unpaired) electrons. The van der Waals surface area contributed by atoms with Crippen LogP contribution in [-0.2, 0) is 0 Å². The van der Waals surface area contributed by atoms with Gasteiger partial charge in [-0.2, -0.15) is 13.2 Å². The molecule has 1 fully saturated rings. The van der Waals surface area contributed by atoms with E-state index in [4.69, 9.17) is 0 Å². The molecule has 2 rings (SSSR count). The summed E-state index contributed by atoms with van der Waals surface area (Å²) in [5, 5.41) is 0. The largest absolute Gasteiger partial charge is 0.446 e. The van der Waals surface area contributed by atoms with E-state index in [0.29, 0.717) is 0 Å². The van der Waals surface area contributed by atoms with Crippen LogP contribution in [0.5, 0.6) is 0 Å². The summed E-state index contributed by atoms with van der Waals surface area (Å²) in [6.07, 6.45) is 5.43. The quantitative estimate of drug-likeness (QED) is 0.382. The molecule has 1 aliphatic carbocycles. The molecule has 5 heteroatoms. The number of alkyl halides is 3. The molecule has 0 N–H and O–H groups in total. The molecule has 0 amide bonds. The number of benzene rings is 1. The molecule has 0 saturated heterocycles. The lowest BCUT2D eigenvalue weighted by Gasteiger charge is -2.15. The van der Waals surface area contributed by atoms with Gasteiger partial charge in [0.25, 0.3) is 0 Å². The molecule has 0 unspecified atom stereocenters. The molecular formula is C15H14F4S. The minimum absolute atomic E-state index is 0.166. The Balaban J connectivity index is 2.20. The Hall–Kier alpha value is -1.15. The number of thioether (sulfide) groups is 1. The van der Waals surface area contributed by atoms with Gasteiger partial charge < -0.3 is 0 Å². The third-order valence-electron chi connectivity index (χ3n) is 3.19. The van der Waals surface area contributed by atoms with E-state index >= 15 is 0 Å². The van der Waals surface area contributed by atoms with Crippen LogP contribution in [0, 0.1) is 23.6 Å². The van der Waals surface area contributed by atoms with E-state index in [1.54, 1.807) is 0 Å². The summed E-state index contributed by atoms with van der Waals surface area (Å²) in [4.78, 5) is -0.166. The molecule has 0 bridgehead atoms. The van der Waals surface area contributed by atoms with Gasteiger partial charge in [0.2, 0.25) is 0 Å². The second kappa shape index (κ2) is 6.53. The van der Waals surface area contributed by atoms with Crippen molar-refractivity contribution in [1.29, 1.82) is 0 Å². The predicted molar refractivity (Wildman–Crippen MR) is 71.8 cm³/mol. The van der Waals surface area contributed by atoms with E-state index in [2.05, 4.69) is 11.8 Å². The number of rotatable bonds is 1. The van der Waals surface area contributed by atoms with Gasteiger partial charge in [0, 0.05) is 16.4 Å². The van der Waals surface area contributed by atoms with Crippen LogP contribution >= 0.6 is 11.8 Å². The average Bonchev–Trinajstić information content (AvgIpc) is 2.37. The highest BCUT2D eigenvalue weighted by atomic mass is 32.2. The average molecular weight is 302 g/mol. The topological polar surface area (TPSA) is 0 Å². The van der Waals surface area contributed by atoms with Crippen molar-refractivity contribution in [3.8, 4) is 11.8 Å². The van der Waals surface area contributed by atoms with Crippen molar-refractivity contribution in [2.24, 2.45) is 5.92 Å². The van der Waals surface area contributed by atoms with Gasteiger partial charge in [-0.3, -0.25) is 0 Å². The van der Waals surface area contributed by atoms with E-state index in [1.165, 1.54) is 12.5 Å². The van der Waals surface area contributed by atoms with Gasteiger partial charge in [-0.1, -0.05) is 31.1 Å². The maximum absolute atomic E-state index is 13.1. The number of hydrogen-bond donors (Lipinski definition) is 0. The van der Waals surface area contributed by atoms with Crippen LogP contribution in [0.3, 0.4) is 0 Å². The molecule has 20 heavy (non-hydrogen) atoms. The van der Waals surface area contributed by atoms with Gasteiger partial charge in [-0.25, -0.2) is 4.39 Å². The van der Waals surface area contributed by atoms with E-state index in [0.717, 1.165) is 37.8 Å². The SMILES string of the molecule is Fc1ccc(C#CC2CCCCC2)c(SC(F)(F)F)c1. The van der Waals surface area contributed by atoms with E-state index in [1.807, 2.05) is 0 Å². The van der Waals surface area contributed by atoms with Gasteiger partial charge in [-0.05, 0) is 42.8 Å². The fourth-order valence-corrected chi connectivity index (χ4v) is 2.89. The monoisotopic (exact) mass is 302 g/mol. The normalized spacial score (nSPS) is 16.6. The van der Waals surface area contributed by atoms with Gasteiger partial charge in [0.15, 0.2) is 0 Å². The second-order valence-corrected chi connectivity index (χ2v) is 5.90. The van der Waals surface area contributed by atoms with E-state index in [-0.39, 0.29) is 28.1 Å². The lowest BCUT2D eigenvalue weighted by atomic mass is 9.90. The highest BCUT2D eigenvalue weighted by Crippen LogP contribution is 2.38. The Morgan fingerprint density at radius 3 is 2.45 bits per heavy atom. The van der Waals surface area contributed by atoms with Crippen LogP contribution in [0.15, 0.2) is 23.1 Å².